The second-order valence-corrected chi connectivity index (χ2v) is 7.34. The van der Waals surface area contributed by atoms with Gasteiger partial charge in [0.1, 0.15) is 0 Å². The highest BCUT2D eigenvalue weighted by Gasteiger charge is 2.36. The average Bonchev–Trinajstić information content (AvgIpc) is 2.93. The number of esters is 4. The van der Waals surface area contributed by atoms with E-state index < -0.39 is 41.6 Å². The van der Waals surface area contributed by atoms with Crippen molar-refractivity contribution in [1.29, 1.82) is 0 Å². The van der Waals surface area contributed by atoms with Gasteiger partial charge in [-0.1, -0.05) is 78.9 Å². The Labute approximate surface area is 211 Å². The van der Waals surface area contributed by atoms with Crippen molar-refractivity contribution < 1.29 is 38.1 Å². The Kier molecular flexibility index (Phi) is 13.6. The van der Waals surface area contributed by atoms with Crippen molar-refractivity contribution in [3.63, 3.8) is 0 Å². The molecular weight excluding hydrogens is 464 g/mol. The van der Waals surface area contributed by atoms with Crippen LogP contribution in [0.5, 0.6) is 0 Å². The summed E-state index contributed by atoms with van der Waals surface area (Å²) >= 11 is 0. The summed E-state index contributed by atoms with van der Waals surface area (Å²) in [6.45, 7) is 3.68. The third-order valence-electron chi connectivity index (χ3n) is 5.16. The lowest BCUT2D eigenvalue weighted by Gasteiger charge is -2.20. The average molecular weight is 497 g/mol. The van der Waals surface area contributed by atoms with Gasteiger partial charge in [0.15, 0.2) is 11.8 Å². The minimum atomic E-state index is -1.03. The fourth-order valence-corrected chi connectivity index (χ4v) is 3.26. The molecule has 2 rings (SSSR count). The molecule has 0 bridgehead atoms. The summed E-state index contributed by atoms with van der Waals surface area (Å²) in [5, 5.41) is 0. The smallest absolute Gasteiger partial charge is 0.321 e. The van der Waals surface area contributed by atoms with Crippen LogP contribution in [-0.2, 0) is 38.1 Å². The van der Waals surface area contributed by atoms with Gasteiger partial charge in [0.05, 0.1) is 28.4 Å². The molecule has 2 aromatic carbocycles. The van der Waals surface area contributed by atoms with E-state index in [4.69, 9.17) is 0 Å². The third-order valence-corrected chi connectivity index (χ3v) is 5.16. The highest BCUT2D eigenvalue weighted by atomic mass is 16.5. The van der Waals surface area contributed by atoms with Crippen LogP contribution in [0.2, 0.25) is 0 Å². The van der Waals surface area contributed by atoms with Crippen LogP contribution in [0.3, 0.4) is 0 Å². The molecule has 0 fully saturated rings. The topological polar surface area (TPSA) is 105 Å². The lowest BCUT2D eigenvalue weighted by molar-refractivity contribution is -0.160. The van der Waals surface area contributed by atoms with Crippen molar-refractivity contribution in [3.05, 3.63) is 90.5 Å². The lowest BCUT2D eigenvalue weighted by Crippen LogP contribution is -2.31. The van der Waals surface area contributed by atoms with Crippen molar-refractivity contribution in [2.24, 2.45) is 11.8 Å². The van der Waals surface area contributed by atoms with E-state index >= 15 is 0 Å². The van der Waals surface area contributed by atoms with E-state index in [0.29, 0.717) is 0 Å². The molecular formula is C28H32O8. The van der Waals surface area contributed by atoms with E-state index in [1.807, 2.05) is 66.7 Å². The van der Waals surface area contributed by atoms with Gasteiger partial charge < -0.3 is 18.9 Å². The molecule has 0 saturated heterocycles. The van der Waals surface area contributed by atoms with Crippen molar-refractivity contribution >= 4 is 30.0 Å². The highest BCUT2D eigenvalue weighted by molar-refractivity contribution is 5.96. The minimum absolute atomic E-state index is 0.258. The number of rotatable bonds is 10. The van der Waals surface area contributed by atoms with Crippen LogP contribution in [0.15, 0.2) is 79.4 Å². The fraction of sp³-hybridized carbons (Fsp3) is 0.286. The van der Waals surface area contributed by atoms with Crippen molar-refractivity contribution in [2.45, 2.75) is 12.3 Å². The molecule has 8 heteroatoms. The number of hydrogen-bond donors (Lipinski definition) is 0. The Bertz CT molecular complexity index is 982. The van der Waals surface area contributed by atoms with Gasteiger partial charge in [0, 0.05) is 5.92 Å². The molecule has 8 nitrogen and oxygen atoms in total. The molecule has 0 radical (unpaired) electrons. The maximum Gasteiger partial charge on any atom is 0.321 e. The molecule has 0 N–H and O–H groups in total. The Morgan fingerprint density at radius 1 is 0.722 bits per heavy atom. The van der Waals surface area contributed by atoms with E-state index in [-0.39, 0.29) is 6.42 Å². The second kappa shape index (κ2) is 16.4. The molecule has 0 spiro atoms. The summed E-state index contributed by atoms with van der Waals surface area (Å²) in [5.74, 6) is -4.82. The van der Waals surface area contributed by atoms with Gasteiger partial charge in [-0.3, -0.25) is 19.2 Å². The number of benzene rings is 2. The Balaban J connectivity index is 0.000000360. The molecule has 1 unspecified atom stereocenters. The monoisotopic (exact) mass is 496 g/mol. The van der Waals surface area contributed by atoms with Gasteiger partial charge in [0.25, 0.3) is 0 Å². The summed E-state index contributed by atoms with van der Waals surface area (Å²) in [7, 11) is 4.98. The standard InChI is InChI=1S/2C14H16O4/c1-17-13(15)12(14(16)18-2)10-6-9-11-7-4-3-5-8-11;1-4-11(10-8-6-5-7-9-10)12(13(15)17-2)14(16)18-3/h3-9,12H,10H2,1-2H3;4-9,11-12H,1H2,2-3H3/b9-6+;. The Morgan fingerprint density at radius 3 is 1.58 bits per heavy atom. The van der Waals surface area contributed by atoms with Crippen LogP contribution < -0.4 is 0 Å². The molecule has 0 saturated carbocycles. The molecule has 36 heavy (non-hydrogen) atoms. The molecule has 192 valence electrons. The number of carbonyl (C=O) groups excluding carboxylic acids is 4. The van der Waals surface area contributed by atoms with Crippen LogP contribution in [-0.4, -0.2) is 52.3 Å². The minimum Gasteiger partial charge on any atom is -0.468 e. The van der Waals surface area contributed by atoms with Crippen molar-refractivity contribution in [3.8, 4) is 0 Å². The lowest BCUT2D eigenvalue weighted by atomic mass is 9.86. The van der Waals surface area contributed by atoms with Gasteiger partial charge in [-0.2, -0.15) is 0 Å². The van der Waals surface area contributed by atoms with E-state index in [9.17, 15) is 19.2 Å². The molecule has 0 aliphatic carbocycles. The van der Waals surface area contributed by atoms with Crippen LogP contribution in [0.1, 0.15) is 23.5 Å². The number of hydrogen-bond acceptors (Lipinski definition) is 8. The van der Waals surface area contributed by atoms with Gasteiger partial charge in [-0.25, -0.2) is 0 Å². The molecule has 2 aromatic rings. The van der Waals surface area contributed by atoms with E-state index in [1.165, 1.54) is 28.4 Å². The summed E-state index contributed by atoms with van der Waals surface area (Å²) in [4.78, 5) is 46.2. The van der Waals surface area contributed by atoms with Crippen LogP contribution in [0.4, 0.5) is 0 Å². The first-order valence-corrected chi connectivity index (χ1v) is 11.0. The normalized spacial score (nSPS) is 11.2. The van der Waals surface area contributed by atoms with E-state index in [1.54, 1.807) is 12.2 Å². The zero-order valence-electron chi connectivity index (χ0n) is 20.9. The zero-order chi connectivity index (χ0) is 26.9. The first-order valence-electron chi connectivity index (χ1n) is 11.0. The number of allylic oxidation sites excluding steroid dienone is 2. The van der Waals surface area contributed by atoms with Crippen LogP contribution in [0.25, 0.3) is 6.08 Å². The summed E-state index contributed by atoms with van der Waals surface area (Å²) < 4.78 is 18.4. The molecule has 0 amide bonds. The predicted molar refractivity (Wildman–Crippen MR) is 135 cm³/mol. The summed E-state index contributed by atoms with van der Waals surface area (Å²) in [6.07, 6.45) is 5.41. The van der Waals surface area contributed by atoms with Gasteiger partial charge >= 0.3 is 23.9 Å². The largest absolute Gasteiger partial charge is 0.468 e. The number of methoxy groups -OCH3 is 4. The predicted octanol–water partition coefficient (Wildman–Crippen LogP) is 3.97. The SMILES string of the molecule is C=CC(c1ccccc1)C(C(=O)OC)C(=O)OC.COC(=O)C(C/C=C/c1ccccc1)C(=O)OC. The highest BCUT2D eigenvalue weighted by Crippen LogP contribution is 2.28. The van der Waals surface area contributed by atoms with Crippen LogP contribution >= 0.6 is 0 Å². The molecule has 0 aromatic heterocycles. The summed E-state index contributed by atoms with van der Waals surface area (Å²) in [6, 6.07) is 18.8. The van der Waals surface area contributed by atoms with E-state index in [0.717, 1.165) is 11.1 Å². The van der Waals surface area contributed by atoms with Crippen molar-refractivity contribution in [2.75, 3.05) is 28.4 Å². The maximum absolute atomic E-state index is 11.7. The maximum atomic E-state index is 11.7. The number of ether oxygens (including phenoxy) is 4. The van der Waals surface area contributed by atoms with Gasteiger partial charge in [0.2, 0.25) is 0 Å². The van der Waals surface area contributed by atoms with E-state index in [2.05, 4.69) is 25.5 Å². The first kappa shape index (κ1) is 29.8. The molecule has 0 aliphatic heterocycles. The third kappa shape index (κ3) is 9.21. The van der Waals surface area contributed by atoms with Crippen LogP contribution in [0, 0.1) is 11.8 Å². The zero-order valence-corrected chi connectivity index (χ0v) is 20.9. The summed E-state index contributed by atoms with van der Waals surface area (Å²) in [5.41, 5.74) is 1.82. The van der Waals surface area contributed by atoms with Crippen molar-refractivity contribution in [1.82, 2.24) is 0 Å². The van der Waals surface area contributed by atoms with Gasteiger partial charge in [-0.15, -0.1) is 6.58 Å². The second-order valence-electron chi connectivity index (χ2n) is 7.34. The first-order chi connectivity index (χ1) is 17.3. The molecule has 0 heterocycles. The Morgan fingerprint density at radius 2 is 1.17 bits per heavy atom. The quantitative estimate of drug-likeness (QED) is 0.211. The molecule has 0 aliphatic rings. The fourth-order valence-electron chi connectivity index (χ4n) is 3.26. The molecule has 1 atom stereocenters. The number of carbonyl (C=O) groups is 4. The van der Waals surface area contributed by atoms with Gasteiger partial charge in [-0.05, 0) is 17.5 Å². The Hall–Kier alpha value is -4.20.